The van der Waals surface area contributed by atoms with E-state index in [1.807, 2.05) is 7.11 Å². The number of rotatable bonds is 5. The highest BCUT2D eigenvalue weighted by Crippen LogP contribution is 2.19. The van der Waals surface area contributed by atoms with E-state index >= 15 is 0 Å². The zero-order valence-corrected chi connectivity index (χ0v) is 11.2. The average molecular weight is 242 g/mol. The summed E-state index contributed by atoms with van der Waals surface area (Å²) in [6.45, 7) is 5.37. The smallest absolute Gasteiger partial charge is 0.0595 e. The van der Waals surface area contributed by atoms with Gasteiger partial charge in [0, 0.05) is 45.3 Å². The van der Waals surface area contributed by atoms with Crippen LogP contribution in [0.4, 0.5) is 0 Å². The molecule has 2 unspecified atom stereocenters. The predicted molar refractivity (Wildman–Crippen MR) is 68.2 cm³/mol. The molecule has 0 radical (unpaired) electrons. The lowest BCUT2D eigenvalue weighted by Gasteiger charge is -2.35. The third-order valence-corrected chi connectivity index (χ3v) is 4.23. The Hall–Kier alpha value is -0.160. The van der Waals surface area contributed by atoms with Crippen LogP contribution in [0.15, 0.2) is 0 Å². The van der Waals surface area contributed by atoms with Crippen LogP contribution in [-0.4, -0.2) is 64.1 Å². The molecule has 0 aliphatic carbocycles. The molecule has 4 nitrogen and oxygen atoms in total. The van der Waals surface area contributed by atoms with E-state index in [0.29, 0.717) is 18.1 Å². The number of likely N-dealkylation sites (N-methyl/N-ethyl adjacent to an activating group) is 1. The zero-order chi connectivity index (χ0) is 12.1. The molecule has 0 amide bonds. The Labute approximate surface area is 105 Å². The summed E-state index contributed by atoms with van der Waals surface area (Å²) in [7, 11) is 3.90. The fraction of sp³-hybridized carbons (Fsp3) is 1.00. The van der Waals surface area contributed by atoms with Crippen molar-refractivity contribution < 1.29 is 9.47 Å². The topological polar surface area (TPSA) is 33.7 Å². The molecular weight excluding hydrogens is 216 g/mol. The van der Waals surface area contributed by atoms with Gasteiger partial charge in [0.05, 0.1) is 12.7 Å². The third kappa shape index (κ3) is 3.65. The maximum absolute atomic E-state index is 5.48. The Bertz CT molecular complexity index is 211. The van der Waals surface area contributed by atoms with Crippen LogP contribution in [-0.2, 0) is 9.47 Å². The van der Waals surface area contributed by atoms with Gasteiger partial charge in [0.15, 0.2) is 0 Å². The molecule has 0 aromatic carbocycles. The summed E-state index contributed by atoms with van der Waals surface area (Å²) in [5, 5.41) is 3.46. The summed E-state index contributed by atoms with van der Waals surface area (Å²) >= 11 is 0. The van der Waals surface area contributed by atoms with E-state index in [9.17, 15) is 0 Å². The number of nitrogens with zero attached hydrogens (tertiary/aromatic N) is 1. The molecule has 2 aliphatic rings. The van der Waals surface area contributed by atoms with Gasteiger partial charge in [-0.3, -0.25) is 0 Å². The minimum absolute atomic E-state index is 0.481. The van der Waals surface area contributed by atoms with E-state index < -0.39 is 0 Å². The quantitative estimate of drug-likeness (QED) is 0.770. The average Bonchev–Trinajstić information content (AvgIpc) is 2.90. The Kier molecular flexibility index (Phi) is 5.22. The lowest BCUT2D eigenvalue weighted by atomic mass is 9.97. The Balaban J connectivity index is 1.75. The molecule has 0 saturated carbocycles. The number of piperidine rings is 1. The summed E-state index contributed by atoms with van der Waals surface area (Å²) in [5.41, 5.74) is 0. The molecule has 0 aromatic rings. The highest BCUT2D eigenvalue weighted by molar-refractivity contribution is 4.83. The number of methoxy groups -OCH3 is 1. The number of likely N-dealkylation sites (tertiary alicyclic amines) is 1. The monoisotopic (exact) mass is 242 g/mol. The normalized spacial score (nSPS) is 29.6. The van der Waals surface area contributed by atoms with Gasteiger partial charge >= 0.3 is 0 Å². The van der Waals surface area contributed by atoms with E-state index in [2.05, 4.69) is 17.3 Å². The van der Waals surface area contributed by atoms with Gasteiger partial charge in [-0.1, -0.05) is 0 Å². The van der Waals surface area contributed by atoms with Crippen LogP contribution in [0.1, 0.15) is 19.3 Å². The molecule has 2 fully saturated rings. The second-order valence-corrected chi connectivity index (χ2v) is 5.25. The van der Waals surface area contributed by atoms with E-state index in [1.165, 1.54) is 32.4 Å². The lowest BCUT2D eigenvalue weighted by molar-refractivity contribution is 0.0360. The van der Waals surface area contributed by atoms with Gasteiger partial charge in [-0.25, -0.2) is 0 Å². The van der Waals surface area contributed by atoms with Crippen molar-refractivity contribution in [3.63, 3.8) is 0 Å². The maximum atomic E-state index is 5.48. The van der Waals surface area contributed by atoms with Crippen molar-refractivity contribution in [3.05, 3.63) is 0 Å². The van der Waals surface area contributed by atoms with Crippen molar-refractivity contribution in [3.8, 4) is 0 Å². The van der Waals surface area contributed by atoms with Crippen molar-refractivity contribution in [1.29, 1.82) is 0 Å². The molecule has 0 aromatic heterocycles. The highest BCUT2D eigenvalue weighted by Gasteiger charge is 2.27. The standard InChI is InChI=1S/C13H26N2O2/c1-14-13(11-5-8-17-10-11)9-15-6-3-12(16-2)4-7-15/h11-14H,3-10H2,1-2H3. The van der Waals surface area contributed by atoms with Crippen molar-refractivity contribution in [2.24, 2.45) is 5.92 Å². The summed E-state index contributed by atoms with van der Waals surface area (Å²) in [6.07, 6.45) is 4.04. The molecule has 2 saturated heterocycles. The lowest BCUT2D eigenvalue weighted by Crippen LogP contribution is -2.47. The largest absolute Gasteiger partial charge is 0.381 e. The number of ether oxygens (including phenoxy) is 2. The predicted octanol–water partition coefficient (Wildman–Crippen LogP) is 0.722. The first kappa shape index (κ1) is 13.3. The van der Waals surface area contributed by atoms with Crippen LogP contribution >= 0.6 is 0 Å². The second kappa shape index (κ2) is 6.69. The summed E-state index contributed by atoms with van der Waals surface area (Å²) in [6, 6.07) is 0.580. The van der Waals surface area contributed by atoms with E-state index in [0.717, 1.165) is 19.8 Å². The number of hydrogen-bond acceptors (Lipinski definition) is 4. The van der Waals surface area contributed by atoms with Crippen molar-refractivity contribution in [2.45, 2.75) is 31.4 Å². The second-order valence-electron chi connectivity index (χ2n) is 5.25. The number of hydrogen-bond donors (Lipinski definition) is 1. The van der Waals surface area contributed by atoms with Crippen LogP contribution in [0.25, 0.3) is 0 Å². The zero-order valence-electron chi connectivity index (χ0n) is 11.2. The molecule has 1 N–H and O–H groups in total. The number of nitrogens with one attached hydrogen (secondary N) is 1. The first-order chi connectivity index (χ1) is 8.33. The molecule has 2 aliphatic heterocycles. The van der Waals surface area contributed by atoms with Gasteiger partial charge < -0.3 is 19.7 Å². The van der Waals surface area contributed by atoms with Crippen molar-refractivity contribution in [2.75, 3.05) is 47.0 Å². The molecular formula is C13H26N2O2. The van der Waals surface area contributed by atoms with Gasteiger partial charge in [-0.15, -0.1) is 0 Å². The van der Waals surface area contributed by atoms with Crippen molar-refractivity contribution >= 4 is 0 Å². The first-order valence-electron chi connectivity index (χ1n) is 6.83. The van der Waals surface area contributed by atoms with Crippen LogP contribution in [0.5, 0.6) is 0 Å². The van der Waals surface area contributed by atoms with Gasteiger partial charge in [-0.2, -0.15) is 0 Å². The minimum Gasteiger partial charge on any atom is -0.381 e. The first-order valence-corrected chi connectivity index (χ1v) is 6.83. The summed E-state index contributed by atoms with van der Waals surface area (Å²) in [4.78, 5) is 2.56. The van der Waals surface area contributed by atoms with Gasteiger partial charge in [0.1, 0.15) is 0 Å². The fourth-order valence-electron chi connectivity index (χ4n) is 2.95. The Morgan fingerprint density at radius 3 is 2.65 bits per heavy atom. The van der Waals surface area contributed by atoms with Crippen LogP contribution < -0.4 is 5.32 Å². The van der Waals surface area contributed by atoms with E-state index in [4.69, 9.17) is 9.47 Å². The molecule has 2 atom stereocenters. The van der Waals surface area contributed by atoms with E-state index in [1.54, 1.807) is 0 Å². The molecule has 0 bridgehead atoms. The molecule has 0 spiro atoms. The third-order valence-electron chi connectivity index (χ3n) is 4.23. The SMILES string of the molecule is CNC(CN1CCC(OC)CC1)C1CCOC1. The van der Waals surface area contributed by atoms with Crippen LogP contribution in [0.3, 0.4) is 0 Å². The highest BCUT2D eigenvalue weighted by atomic mass is 16.5. The van der Waals surface area contributed by atoms with E-state index in [-0.39, 0.29) is 0 Å². The van der Waals surface area contributed by atoms with Gasteiger partial charge in [0.25, 0.3) is 0 Å². The van der Waals surface area contributed by atoms with Crippen LogP contribution in [0.2, 0.25) is 0 Å². The Morgan fingerprint density at radius 1 is 1.35 bits per heavy atom. The minimum atomic E-state index is 0.481. The molecule has 100 valence electrons. The van der Waals surface area contributed by atoms with Gasteiger partial charge in [-0.05, 0) is 26.3 Å². The maximum Gasteiger partial charge on any atom is 0.0595 e. The molecule has 2 rings (SSSR count). The molecule has 4 heteroatoms. The van der Waals surface area contributed by atoms with Gasteiger partial charge in [0.2, 0.25) is 0 Å². The fourth-order valence-corrected chi connectivity index (χ4v) is 2.95. The van der Waals surface area contributed by atoms with Crippen molar-refractivity contribution in [1.82, 2.24) is 10.2 Å². The summed E-state index contributed by atoms with van der Waals surface area (Å²) in [5.74, 6) is 0.695. The summed E-state index contributed by atoms with van der Waals surface area (Å²) < 4.78 is 10.9. The Morgan fingerprint density at radius 2 is 2.12 bits per heavy atom. The molecule has 17 heavy (non-hydrogen) atoms. The molecule has 2 heterocycles. The van der Waals surface area contributed by atoms with Crippen LogP contribution in [0, 0.1) is 5.92 Å².